The smallest absolute Gasteiger partial charge is 0.258 e. The van der Waals surface area contributed by atoms with Crippen LogP contribution in [-0.2, 0) is 11.3 Å². The Kier molecular flexibility index (Phi) is 4.39. The Bertz CT molecular complexity index is 921. The summed E-state index contributed by atoms with van der Waals surface area (Å²) in [5.41, 5.74) is 6.80. The Morgan fingerprint density at radius 3 is 2.54 bits per heavy atom. The van der Waals surface area contributed by atoms with Gasteiger partial charge in [0.25, 0.3) is 5.56 Å². The van der Waals surface area contributed by atoms with E-state index in [1.807, 2.05) is 36.4 Å². The summed E-state index contributed by atoms with van der Waals surface area (Å²) >= 11 is 0. The maximum atomic E-state index is 12.1. The van der Waals surface area contributed by atoms with Gasteiger partial charge in [-0.1, -0.05) is 42.5 Å². The van der Waals surface area contributed by atoms with Gasteiger partial charge < -0.3 is 10.7 Å². The quantitative estimate of drug-likeness (QED) is 0.746. The summed E-state index contributed by atoms with van der Waals surface area (Å²) in [7, 11) is 1.78. The molecule has 0 spiro atoms. The van der Waals surface area contributed by atoms with Crippen molar-refractivity contribution in [1.82, 2.24) is 14.9 Å². The minimum atomic E-state index is -0.594. The molecule has 0 aliphatic rings. The number of nitrogens with one attached hydrogen (secondary N) is 1. The molecule has 0 aliphatic heterocycles. The van der Waals surface area contributed by atoms with E-state index in [1.165, 1.54) is 0 Å². The molecule has 0 saturated carbocycles. The topological polar surface area (TPSA) is 92.1 Å². The molecule has 3 rings (SSSR count). The van der Waals surface area contributed by atoms with Gasteiger partial charge >= 0.3 is 0 Å². The zero-order valence-electron chi connectivity index (χ0n) is 13.3. The second-order valence-corrected chi connectivity index (χ2v) is 5.66. The summed E-state index contributed by atoms with van der Waals surface area (Å²) in [4.78, 5) is 33.0. The third-order valence-corrected chi connectivity index (χ3v) is 3.89. The first-order valence-electron chi connectivity index (χ1n) is 7.58. The van der Waals surface area contributed by atoms with Crippen LogP contribution in [0, 0.1) is 0 Å². The molecular formula is C18H18N4O2. The van der Waals surface area contributed by atoms with E-state index in [1.54, 1.807) is 30.1 Å². The van der Waals surface area contributed by atoms with Gasteiger partial charge in [-0.05, 0) is 24.7 Å². The number of H-pyrrole nitrogens is 1. The molecule has 6 heteroatoms. The van der Waals surface area contributed by atoms with Gasteiger partial charge in [0, 0.05) is 0 Å². The van der Waals surface area contributed by atoms with Crippen LogP contribution in [0.5, 0.6) is 0 Å². The number of carbonyl (C=O) groups excluding carboxylic acids is 1. The van der Waals surface area contributed by atoms with Crippen LogP contribution in [0.4, 0.5) is 0 Å². The molecule has 0 saturated heterocycles. The van der Waals surface area contributed by atoms with E-state index in [-0.39, 0.29) is 5.56 Å². The first kappa shape index (κ1) is 15.9. The van der Waals surface area contributed by atoms with E-state index in [2.05, 4.69) is 9.97 Å². The number of carbonyl (C=O) groups is 1. The van der Waals surface area contributed by atoms with E-state index in [0.29, 0.717) is 23.3 Å². The predicted molar refractivity (Wildman–Crippen MR) is 92.2 cm³/mol. The number of aromatic amines is 1. The summed E-state index contributed by atoms with van der Waals surface area (Å²) in [6, 6.07) is 15.8. The lowest BCUT2D eigenvalue weighted by Crippen LogP contribution is -2.35. The van der Waals surface area contributed by atoms with Gasteiger partial charge in [0.2, 0.25) is 5.91 Å². The fourth-order valence-corrected chi connectivity index (χ4v) is 2.81. The van der Waals surface area contributed by atoms with Crippen LogP contribution in [0.3, 0.4) is 0 Å². The number of fused-ring (bicyclic) bond motifs is 1. The van der Waals surface area contributed by atoms with Gasteiger partial charge in [-0.3, -0.25) is 14.5 Å². The molecule has 3 aromatic rings. The minimum Gasteiger partial charge on any atom is -0.368 e. The number of primary amides is 1. The SMILES string of the molecule is CN(Cc1nc2ccccc2c(=O)[nH]1)C(C(N)=O)c1ccccc1. The standard InChI is InChI=1S/C18H18N4O2/c1-22(16(17(19)23)12-7-3-2-4-8-12)11-15-20-14-10-6-5-9-13(14)18(24)21-15/h2-10,16H,11H2,1H3,(H2,19,23)(H,20,21,24). The molecule has 6 nitrogen and oxygen atoms in total. The molecule has 2 aromatic carbocycles. The van der Waals surface area contributed by atoms with Crippen molar-refractivity contribution in [3.05, 3.63) is 76.3 Å². The molecule has 1 aromatic heterocycles. The molecule has 0 bridgehead atoms. The Morgan fingerprint density at radius 2 is 1.83 bits per heavy atom. The van der Waals surface area contributed by atoms with Crippen molar-refractivity contribution in [2.24, 2.45) is 5.73 Å². The van der Waals surface area contributed by atoms with Crippen LogP contribution in [0.1, 0.15) is 17.4 Å². The van der Waals surface area contributed by atoms with Gasteiger partial charge in [-0.15, -0.1) is 0 Å². The molecule has 0 radical (unpaired) electrons. The highest BCUT2D eigenvalue weighted by Crippen LogP contribution is 2.20. The van der Waals surface area contributed by atoms with Crippen molar-refractivity contribution in [3.8, 4) is 0 Å². The van der Waals surface area contributed by atoms with Crippen LogP contribution in [0.25, 0.3) is 10.9 Å². The van der Waals surface area contributed by atoms with Crippen LogP contribution >= 0.6 is 0 Å². The number of likely N-dealkylation sites (N-methyl/N-ethyl adjacent to an activating group) is 1. The Balaban J connectivity index is 1.92. The zero-order chi connectivity index (χ0) is 17.1. The van der Waals surface area contributed by atoms with Crippen molar-refractivity contribution >= 4 is 16.8 Å². The van der Waals surface area contributed by atoms with Crippen molar-refractivity contribution in [1.29, 1.82) is 0 Å². The highest BCUT2D eigenvalue weighted by atomic mass is 16.1. The molecule has 1 unspecified atom stereocenters. The summed E-state index contributed by atoms with van der Waals surface area (Å²) in [6.45, 7) is 0.294. The monoisotopic (exact) mass is 322 g/mol. The number of amides is 1. The predicted octanol–water partition coefficient (Wildman–Crippen LogP) is 1.58. The molecule has 1 atom stereocenters. The van der Waals surface area contributed by atoms with Crippen molar-refractivity contribution in [3.63, 3.8) is 0 Å². The lowest BCUT2D eigenvalue weighted by atomic mass is 10.1. The average Bonchev–Trinajstić information content (AvgIpc) is 2.55. The number of nitrogens with zero attached hydrogens (tertiary/aromatic N) is 2. The van der Waals surface area contributed by atoms with Crippen LogP contribution in [-0.4, -0.2) is 27.8 Å². The number of aromatic nitrogens is 2. The molecule has 122 valence electrons. The molecule has 3 N–H and O–H groups in total. The van der Waals surface area contributed by atoms with Gasteiger partial charge in [-0.2, -0.15) is 0 Å². The molecule has 1 amide bonds. The van der Waals surface area contributed by atoms with Gasteiger partial charge in [0.1, 0.15) is 11.9 Å². The van der Waals surface area contributed by atoms with Gasteiger partial charge in [-0.25, -0.2) is 4.98 Å². The summed E-state index contributed by atoms with van der Waals surface area (Å²) < 4.78 is 0. The second-order valence-electron chi connectivity index (χ2n) is 5.66. The zero-order valence-corrected chi connectivity index (χ0v) is 13.3. The third-order valence-electron chi connectivity index (χ3n) is 3.89. The van der Waals surface area contributed by atoms with Crippen LogP contribution in [0.2, 0.25) is 0 Å². The number of nitrogens with two attached hydrogens (primary N) is 1. The van der Waals surface area contributed by atoms with Crippen molar-refractivity contribution in [2.75, 3.05) is 7.05 Å². The van der Waals surface area contributed by atoms with E-state index in [4.69, 9.17) is 5.73 Å². The Hall–Kier alpha value is -2.99. The average molecular weight is 322 g/mol. The number of benzene rings is 2. The van der Waals surface area contributed by atoms with E-state index >= 15 is 0 Å². The number of rotatable bonds is 5. The Labute approximate surface area is 138 Å². The number of para-hydroxylation sites is 1. The highest BCUT2D eigenvalue weighted by molar-refractivity contribution is 5.81. The molecule has 0 fully saturated rings. The molecule has 24 heavy (non-hydrogen) atoms. The molecular weight excluding hydrogens is 304 g/mol. The van der Waals surface area contributed by atoms with E-state index < -0.39 is 11.9 Å². The fraction of sp³-hybridized carbons (Fsp3) is 0.167. The normalized spacial score (nSPS) is 12.4. The third kappa shape index (κ3) is 3.18. The van der Waals surface area contributed by atoms with E-state index in [0.717, 1.165) is 5.56 Å². The largest absolute Gasteiger partial charge is 0.368 e. The second kappa shape index (κ2) is 6.64. The maximum absolute atomic E-state index is 12.1. The summed E-state index contributed by atoms with van der Waals surface area (Å²) in [6.07, 6.45) is 0. The summed E-state index contributed by atoms with van der Waals surface area (Å²) in [5.74, 6) is 0.0372. The lowest BCUT2D eigenvalue weighted by Gasteiger charge is -2.25. The van der Waals surface area contributed by atoms with Gasteiger partial charge in [0.15, 0.2) is 0 Å². The molecule has 0 aliphatic carbocycles. The first-order chi connectivity index (χ1) is 11.6. The highest BCUT2D eigenvalue weighted by Gasteiger charge is 2.23. The summed E-state index contributed by atoms with van der Waals surface area (Å²) in [5, 5.41) is 0.540. The number of hydrogen-bond donors (Lipinski definition) is 2. The Morgan fingerprint density at radius 1 is 1.17 bits per heavy atom. The van der Waals surface area contributed by atoms with Gasteiger partial charge in [0.05, 0.1) is 17.4 Å². The van der Waals surface area contributed by atoms with Crippen molar-refractivity contribution < 1.29 is 4.79 Å². The fourth-order valence-electron chi connectivity index (χ4n) is 2.81. The maximum Gasteiger partial charge on any atom is 0.258 e. The van der Waals surface area contributed by atoms with Crippen molar-refractivity contribution in [2.45, 2.75) is 12.6 Å². The number of hydrogen-bond acceptors (Lipinski definition) is 4. The van der Waals surface area contributed by atoms with Crippen LogP contribution < -0.4 is 11.3 Å². The van der Waals surface area contributed by atoms with Crippen LogP contribution in [0.15, 0.2) is 59.4 Å². The molecule has 1 heterocycles. The van der Waals surface area contributed by atoms with E-state index in [9.17, 15) is 9.59 Å². The lowest BCUT2D eigenvalue weighted by molar-refractivity contribution is -0.123. The minimum absolute atomic E-state index is 0.195. The first-order valence-corrected chi connectivity index (χ1v) is 7.58.